The van der Waals surface area contributed by atoms with Gasteiger partial charge in [-0.2, -0.15) is 0 Å². The maximum Gasteiger partial charge on any atom is 0.316 e. The van der Waals surface area contributed by atoms with Crippen LogP contribution >= 0.6 is 0 Å². The van der Waals surface area contributed by atoms with E-state index in [2.05, 4.69) is 0 Å². The molecule has 162 valence electrons. The van der Waals surface area contributed by atoms with E-state index in [1.807, 2.05) is 0 Å². The van der Waals surface area contributed by atoms with Crippen molar-refractivity contribution in [1.82, 2.24) is 0 Å². The molecule has 3 N–H and O–H groups in total. The van der Waals surface area contributed by atoms with Crippen molar-refractivity contribution in [2.24, 2.45) is 0 Å². The Morgan fingerprint density at radius 2 is 1.87 bits per heavy atom. The third kappa shape index (κ3) is 2.79. The van der Waals surface area contributed by atoms with Gasteiger partial charge in [0.15, 0.2) is 5.78 Å². The largest absolute Gasteiger partial charge is 0.507 e. The van der Waals surface area contributed by atoms with Gasteiger partial charge in [-0.25, -0.2) is 0 Å². The fraction of sp³-hybridized carbons (Fsp3) is 0.348. The van der Waals surface area contributed by atoms with Crippen LogP contribution in [0.25, 0.3) is 0 Å². The van der Waals surface area contributed by atoms with E-state index in [0.29, 0.717) is 0 Å². The first-order valence-corrected chi connectivity index (χ1v) is 9.84. The molecule has 0 radical (unpaired) electrons. The van der Waals surface area contributed by atoms with Gasteiger partial charge in [-0.1, -0.05) is 19.1 Å². The molecule has 0 fully saturated rings. The van der Waals surface area contributed by atoms with Gasteiger partial charge in [0.05, 0.1) is 37.1 Å². The molecule has 0 saturated heterocycles. The van der Waals surface area contributed by atoms with E-state index in [9.17, 15) is 29.7 Å². The number of rotatable bonds is 3. The smallest absolute Gasteiger partial charge is 0.316 e. The highest BCUT2D eigenvalue weighted by Gasteiger charge is 2.51. The minimum absolute atomic E-state index is 0.0256. The van der Waals surface area contributed by atoms with Crippen LogP contribution in [0.15, 0.2) is 24.3 Å². The van der Waals surface area contributed by atoms with E-state index in [0.717, 1.165) is 0 Å². The highest BCUT2D eigenvalue weighted by atomic mass is 16.5. The molecule has 0 spiro atoms. The van der Waals surface area contributed by atoms with Gasteiger partial charge in [0.1, 0.15) is 17.4 Å². The zero-order valence-corrected chi connectivity index (χ0v) is 17.3. The van der Waals surface area contributed by atoms with Gasteiger partial charge in [-0.15, -0.1) is 0 Å². The van der Waals surface area contributed by atoms with Crippen molar-refractivity contribution in [1.29, 1.82) is 0 Å². The van der Waals surface area contributed by atoms with Gasteiger partial charge in [-0.05, 0) is 24.1 Å². The lowest BCUT2D eigenvalue weighted by atomic mass is 9.67. The average molecular weight is 426 g/mol. The second kappa shape index (κ2) is 7.18. The lowest BCUT2D eigenvalue weighted by Gasteiger charge is -2.42. The van der Waals surface area contributed by atoms with Gasteiger partial charge >= 0.3 is 5.97 Å². The minimum Gasteiger partial charge on any atom is -0.507 e. The molecule has 8 nitrogen and oxygen atoms in total. The van der Waals surface area contributed by atoms with Crippen LogP contribution in [0.1, 0.15) is 74.8 Å². The third-order valence-electron chi connectivity index (χ3n) is 6.34. The van der Waals surface area contributed by atoms with Crippen LogP contribution in [-0.2, 0) is 9.53 Å². The second-order valence-electron chi connectivity index (χ2n) is 7.82. The standard InChI is InChI=1S/C23H22O8/c1-4-23(29)9-13(24)15-11(18(23)22(28)31-3)8-12-17(20(15)26)21(27)16-10(19(12)25)6-5-7-14(16)30-2/h5-8,13,18,24,26,29H,4,9H2,1-3H3/t13-,18-,23+/m0/s1. The van der Waals surface area contributed by atoms with Crippen LogP contribution in [0.2, 0.25) is 0 Å². The molecule has 3 atom stereocenters. The number of ether oxygens (including phenoxy) is 2. The SMILES string of the molecule is CC[C@@]1(O)C[C@H](O)c2c(cc3c(c2O)C(=O)c2c(OC)cccc2C3=O)[C@H]1C(=O)OC. The Morgan fingerprint density at radius 1 is 1.16 bits per heavy atom. The number of aromatic hydroxyl groups is 1. The van der Waals surface area contributed by atoms with Crippen molar-refractivity contribution in [2.45, 2.75) is 37.4 Å². The number of benzene rings is 2. The maximum atomic E-state index is 13.3. The molecule has 0 aromatic heterocycles. The summed E-state index contributed by atoms with van der Waals surface area (Å²) in [6.45, 7) is 1.66. The fourth-order valence-electron chi connectivity index (χ4n) is 4.75. The van der Waals surface area contributed by atoms with Crippen LogP contribution in [-0.4, -0.2) is 52.7 Å². The van der Waals surface area contributed by atoms with E-state index >= 15 is 0 Å². The summed E-state index contributed by atoms with van der Waals surface area (Å²) in [6.07, 6.45) is -1.48. The molecular formula is C23H22O8. The molecule has 2 aromatic rings. The maximum absolute atomic E-state index is 13.3. The zero-order chi connectivity index (χ0) is 22.7. The van der Waals surface area contributed by atoms with Crippen molar-refractivity contribution < 1.29 is 39.2 Å². The molecule has 2 aliphatic carbocycles. The molecule has 2 aliphatic rings. The lowest BCUT2D eigenvalue weighted by molar-refractivity contribution is -0.153. The van der Waals surface area contributed by atoms with Crippen molar-refractivity contribution >= 4 is 17.5 Å². The molecule has 0 unspecified atom stereocenters. The normalized spacial score (nSPS) is 24.2. The minimum atomic E-state index is -1.65. The quantitative estimate of drug-likeness (QED) is 0.542. The number of carbonyl (C=O) groups is 3. The van der Waals surface area contributed by atoms with Gasteiger partial charge in [0.2, 0.25) is 5.78 Å². The highest BCUT2D eigenvalue weighted by Crippen LogP contribution is 2.52. The number of hydrogen-bond donors (Lipinski definition) is 3. The summed E-state index contributed by atoms with van der Waals surface area (Å²) in [5.41, 5.74) is -1.88. The summed E-state index contributed by atoms with van der Waals surface area (Å²) in [6, 6.07) is 5.89. The Labute approximate surface area is 178 Å². The summed E-state index contributed by atoms with van der Waals surface area (Å²) in [5.74, 6) is -3.57. The summed E-state index contributed by atoms with van der Waals surface area (Å²) >= 11 is 0. The predicted molar refractivity (Wildman–Crippen MR) is 108 cm³/mol. The van der Waals surface area contributed by atoms with Crippen LogP contribution in [0, 0.1) is 0 Å². The Morgan fingerprint density at radius 3 is 2.48 bits per heavy atom. The van der Waals surface area contributed by atoms with E-state index in [1.165, 1.54) is 32.4 Å². The van der Waals surface area contributed by atoms with Gasteiger partial charge in [0.25, 0.3) is 0 Å². The first-order chi connectivity index (χ1) is 14.7. The van der Waals surface area contributed by atoms with Crippen LogP contribution in [0.4, 0.5) is 0 Å². The number of aliphatic hydroxyl groups is 2. The Balaban J connectivity index is 2.04. The molecule has 4 rings (SSSR count). The molecule has 0 saturated carbocycles. The molecule has 2 aromatic carbocycles. The molecule has 0 bridgehead atoms. The van der Waals surface area contributed by atoms with Crippen LogP contribution in [0.3, 0.4) is 0 Å². The molecule has 8 heteroatoms. The van der Waals surface area contributed by atoms with Gasteiger partial charge in [-0.3, -0.25) is 14.4 Å². The summed E-state index contributed by atoms with van der Waals surface area (Å²) in [5, 5.41) is 32.9. The lowest BCUT2D eigenvalue weighted by Crippen LogP contribution is -2.46. The highest BCUT2D eigenvalue weighted by molar-refractivity contribution is 6.30. The Kier molecular flexibility index (Phi) is 4.87. The number of phenols is 1. The Bertz CT molecular complexity index is 1130. The monoisotopic (exact) mass is 426 g/mol. The van der Waals surface area contributed by atoms with Gasteiger partial charge < -0.3 is 24.8 Å². The zero-order valence-electron chi connectivity index (χ0n) is 17.3. The number of aliphatic hydroxyl groups excluding tert-OH is 1. The van der Waals surface area contributed by atoms with E-state index < -0.39 is 40.9 Å². The number of esters is 1. The molecule has 0 amide bonds. The number of ketones is 2. The number of fused-ring (bicyclic) bond motifs is 3. The third-order valence-corrected chi connectivity index (χ3v) is 6.34. The molecule has 31 heavy (non-hydrogen) atoms. The first-order valence-electron chi connectivity index (χ1n) is 9.84. The number of phenolic OH excluding ortho intramolecular Hbond substituents is 1. The summed E-state index contributed by atoms with van der Waals surface area (Å²) in [7, 11) is 2.53. The molecule has 0 heterocycles. The fourth-order valence-corrected chi connectivity index (χ4v) is 4.75. The van der Waals surface area contributed by atoms with E-state index in [4.69, 9.17) is 9.47 Å². The molecule has 0 aliphatic heterocycles. The van der Waals surface area contributed by atoms with Crippen molar-refractivity contribution in [3.63, 3.8) is 0 Å². The van der Waals surface area contributed by atoms with Gasteiger partial charge in [0, 0.05) is 23.1 Å². The van der Waals surface area contributed by atoms with Crippen molar-refractivity contribution in [2.75, 3.05) is 14.2 Å². The first kappa shape index (κ1) is 21.0. The summed E-state index contributed by atoms with van der Waals surface area (Å²) in [4.78, 5) is 39.1. The van der Waals surface area contributed by atoms with E-state index in [-0.39, 0.29) is 52.0 Å². The average Bonchev–Trinajstić information content (AvgIpc) is 2.75. The number of methoxy groups -OCH3 is 2. The summed E-state index contributed by atoms with van der Waals surface area (Å²) < 4.78 is 10.1. The number of hydrogen-bond acceptors (Lipinski definition) is 8. The van der Waals surface area contributed by atoms with Crippen LogP contribution < -0.4 is 4.74 Å². The molecular weight excluding hydrogens is 404 g/mol. The van der Waals surface area contributed by atoms with Crippen molar-refractivity contribution in [3.05, 3.63) is 57.6 Å². The topological polar surface area (TPSA) is 130 Å². The van der Waals surface area contributed by atoms with Crippen molar-refractivity contribution in [3.8, 4) is 11.5 Å². The van der Waals surface area contributed by atoms with Crippen LogP contribution in [0.5, 0.6) is 11.5 Å². The predicted octanol–water partition coefficient (Wildman–Crippen LogP) is 2.01. The second-order valence-corrected chi connectivity index (χ2v) is 7.82. The van der Waals surface area contributed by atoms with E-state index in [1.54, 1.807) is 13.0 Å². The Hall–Kier alpha value is -3.23. The number of carbonyl (C=O) groups excluding carboxylic acids is 3.